The molecule has 0 atom stereocenters. The Hall–Kier alpha value is -1.62. The van der Waals surface area contributed by atoms with Crippen LogP contribution in [0.3, 0.4) is 0 Å². The van der Waals surface area contributed by atoms with E-state index < -0.39 is 0 Å². The zero-order valence-electron chi connectivity index (χ0n) is 10.9. The van der Waals surface area contributed by atoms with Crippen LogP contribution in [0, 0.1) is 13.8 Å². The Bertz CT molecular complexity index is 489. The molecule has 0 aliphatic carbocycles. The van der Waals surface area contributed by atoms with E-state index in [9.17, 15) is 0 Å². The molecule has 0 unspecified atom stereocenters. The van der Waals surface area contributed by atoms with Gasteiger partial charge in [-0.25, -0.2) is 0 Å². The fraction of sp³-hybridized carbons (Fsp3) is 0.500. The Kier molecular flexibility index (Phi) is 3.28. The second kappa shape index (κ2) is 4.71. The van der Waals surface area contributed by atoms with E-state index in [0.717, 1.165) is 13.1 Å². The summed E-state index contributed by atoms with van der Waals surface area (Å²) in [5.41, 5.74) is 4.90. The molecule has 0 spiro atoms. The van der Waals surface area contributed by atoms with Crippen LogP contribution >= 0.6 is 0 Å². The van der Waals surface area contributed by atoms with E-state index >= 15 is 0 Å². The summed E-state index contributed by atoms with van der Waals surface area (Å²) in [6.07, 6.45) is 3.81. The summed E-state index contributed by atoms with van der Waals surface area (Å²) < 4.78 is 3.81. The molecule has 17 heavy (non-hydrogen) atoms. The summed E-state index contributed by atoms with van der Waals surface area (Å²) in [5, 5.41) is 11.9. The molecule has 92 valence electrons. The van der Waals surface area contributed by atoms with Crippen molar-refractivity contribution in [3.63, 3.8) is 0 Å². The van der Waals surface area contributed by atoms with Gasteiger partial charge in [-0.3, -0.25) is 9.36 Å². The van der Waals surface area contributed by atoms with Gasteiger partial charge in [0.05, 0.1) is 18.1 Å². The normalized spacial score (nSPS) is 11.1. The number of rotatable bonds is 4. The van der Waals surface area contributed by atoms with Crippen LogP contribution in [0.2, 0.25) is 0 Å². The summed E-state index contributed by atoms with van der Waals surface area (Å²) in [4.78, 5) is 0. The van der Waals surface area contributed by atoms with E-state index in [1.165, 1.54) is 22.5 Å². The van der Waals surface area contributed by atoms with Crippen molar-refractivity contribution in [2.75, 3.05) is 0 Å². The van der Waals surface area contributed by atoms with Crippen LogP contribution in [0.5, 0.6) is 0 Å². The fourth-order valence-corrected chi connectivity index (χ4v) is 1.86. The minimum Gasteiger partial charge on any atom is -0.307 e. The van der Waals surface area contributed by atoms with E-state index in [1.54, 1.807) is 0 Å². The van der Waals surface area contributed by atoms with E-state index in [-0.39, 0.29) is 0 Å². The highest BCUT2D eigenvalue weighted by Crippen LogP contribution is 2.07. The van der Waals surface area contributed by atoms with Crippen LogP contribution in [-0.4, -0.2) is 19.6 Å². The molecule has 2 aromatic heterocycles. The number of nitrogens with one attached hydrogen (secondary N) is 1. The highest BCUT2D eigenvalue weighted by Gasteiger charge is 2.06. The predicted octanol–water partition coefficient (Wildman–Crippen LogP) is 1.06. The van der Waals surface area contributed by atoms with Gasteiger partial charge in [-0.05, 0) is 19.4 Å². The molecule has 0 fully saturated rings. The quantitative estimate of drug-likeness (QED) is 0.859. The molecular formula is C12H19N5. The maximum absolute atomic E-state index is 4.23. The van der Waals surface area contributed by atoms with Crippen molar-refractivity contribution in [3.05, 3.63) is 34.9 Å². The summed E-state index contributed by atoms with van der Waals surface area (Å²) in [6, 6.07) is 0. The van der Waals surface area contributed by atoms with Crippen molar-refractivity contribution in [1.82, 2.24) is 24.9 Å². The Balaban J connectivity index is 1.94. The van der Waals surface area contributed by atoms with E-state index in [0.29, 0.717) is 0 Å². The monoisotopic (exact) mass is 233 g/mol. The molecule has 0 aromatic carbocycles. The second-order valence-electron chi connectivity index (χ2n) is 4.38. The van der Waals surface area contributed by atoms with E-state index in [4.69, 9.17) is 0 Å². The summed E-state index contributed by atoms with van der Waals surface area (Å²) >= 11 is 0. The van der Waals surface area contributed by atoms with Gasteiger partial charge in [0.15, 0.2) is 0 Å². The third-order valence-corrected chi connectivity index (χ3v) is 3.22. The van der Waals surface area contributed by atoms with Crippen LogP contribution in [0.25, 0.3) is 0 Å². The topological polar surface area (TPSA) is 47.7 Å². The molecule has 5 heteroatoms. The molecule has 5 nitrogen and oxygen atoms in total. The number of hydrogen-bond donors (Lipinski definition) is 1. The van der Waals surface area contributed by atoms with Crippen LogP contribution in [0.15, 0.2) is 12.4 Å². The molecule has 2 heterocycles. The van der Waals surface area contributed by atoms with Gasteiger partial charge < -0.3 is 5.32 Å². The minimum atomic E-state index is 0.830. The number of hydrogen-bond acceptors (Lipinski definition) is 3. The molecular weight excluding hydrogens is 214 g/mol. The van der Waals surface area contributed by atoms with E-state index in [2.05, 4.69) is 29.4 Å². The maximum atomic E-state index is 4.23. The predicted molar refractivity (Wildman–Crippen MR) is 66.4 cm³/mol. The molecule has 0 saturated heterocycles. The highest BCUT2D eigenvalue weighted by atomic mass is 15.3. The molecule has 1 N–H and O–H groups in total. The van der Waals surface area contributed by atoms with Crippen LogP contribution < -0.4 is 5.32 Å². The number of aromatic nitrogens is 4. The second-order valence-corrected chi connectivity index (χ2v) is 4.38. The first-order valence-electron chi connectivity index (χ1n) is 5.75. The van der Waals surface area contributed by atoms with E-state index in [1.807, 2.05) is 35.9 Å². The Labute approximate surface area is 101 Å². The van der Waals surface area contributed by atoms with Crippen molar-refractivity contribution in [3.8, 4) is 0 Å². The molecule has 0 saturated carbocycles. The molecule has 0 aliphatic rings. The van der Waals surface area contributed by atoms with Gasteiger partial charge in [0.2, 0.25) is 0 Å². The zero-order valence-corrected chi connectivity index (χ0v) is 10.9. The first-order valence-corrected chi connectivity index (χ1v) is 5.75. The SMILES string of the molecule is Cc1cnn(C)c1CNCc1cnn(C)c1C. The first kappa shape index (κ1) is 11.9. The Morgan fingerprint density at radius 1 is 1.06 bits per heavy atom. The van der Waals surface area contributed by atoms with Gasteiger partial charge in [-0.2, -0.15) is 10.2 Å². The first-order chi connectivity index (χ1) is 8.09. The third-order valence-electron chi connectivity index (χ3n) is 3.22. The van der Waals surface area contributed by atoms with Crippen molar-refractivity contribution in [2.24, 2.45) is 14.1 Å². The largest absolute Gasteiger partial charge is 0.307 e. The summed E-state index contributed by atoms with van der Waals surface area (Å²) in [6.45, 7) is 5.83. The van der Waals surface area contributed by atoms with Gasteiger partial charge >= 0.3 is 0 Å². The smallest absolute Gasteiger partial charge is 0.0547 e. The summed E-state index contributed by atoms with van der Waals surface area (Å²) in [5.74, 6) is 0. The number of nitrogens with zero attached hydrogens (tertiary/aromatic N) is 4. The lowest BCUT2D eigenvalue weighted by molar-refractivity contribution is 0.621. The van der Waals surface area contributed by atoms with Gasteiger partial charge in [0, 0.05) is 38.4 Å². The Morgan fingerprint density at radius 3 is 2.29 bits per heavy atom. The maximum Gasteiger partial charge on any atom is 0.0547 e. The van der Waals surface area contributed by atoms with Gasteiger partial charge in [0.25, 0.3) is 0 Å². The van der Waals surface area contributed by atoms with Gasteiger partial charge in [0.1, 0.15) is 0 Å². The van der Waals surface area contributed by atoms with Gasteiger partial charge in [-0.15, -0.1) is 0 Å². The van der Waals surface area contributed by atoms with Crippen LogP contribution in [0.1, 0.15) is 22.5 Å². The fourth-order valence-electron chi connectivity index (χ4n) is 1.86. The third kappa shape index (κ3) is 2.39. The van der Waals surface area contributed by atoms with Crippen molar-refractivity contribution >= 4 is 0 Å². The lowest BCUT2D eigenvalue weighted by Crippen LogP contribution is -2.16. The zero-order chi connectivity index (χ0) is 12.4. The van der Waals surface area contributed by atoms with Crippen LogP contribution in [0.4, 0.5) is 0 Å². The average molecular weight is 233 g/mol. The molecule has 0 bridgehead atoms. The molecule has 2 rings (SSSR count). The average Bonchev–Trinajstić information content (AvgIpc) is 2.78. The van der Waals surface area contributed by atoms with Crippen molar-refractivity contribution in [1.29, 1.82) is 0 Å². The molecule has 0 aliphatic heterocycles. The lowest BCUT2D eigenvalue weighted by Gasteiger charge is -2.06. The van der Waals surface area contributed by atoms with Gasteiger partial charge in [-0.1, -0.05) is 0 Å². The number of aryl methyl sites for hydroxylation is 3. The Morgan fingerprint density at radius 2 is 1.76 bits per heavy atom. The standard InChI is InChI=1S/C12H19N5/c1-9-5-14-17(4)12(9)8-13-6-11-7-15-16(3)10(11)2/h5,7,13H,6,8H2,1-4H3. The van der Waals surface area contributed by atoms with Crippen molar-refractivity contribution in [2.45, 2.75) is 26.9 Å². The van der Waals surface area contributed by atoms with Crippen LogP contribution in [-0.2, 0) is 27.2 Å². The minimum absolute atomic E-state index is 0.830. The molecule has 0 radical (unpaired) electrons. The van der Waals surface area contributed by atoms with Crippen molar-refractivity contribution < 1.29 is 0 Å². The summed E-state index contributed by atoms with van der Waals surface area (Å²) in [7, 11) is 3.93. The lowest BCUT2D eigenvalue weighted by atomic mass is 10.2. The molecule has 2 aromatic rings. The molecule has 0 amide bonds. The highest BCUT2D eigenvalue weighted by molar-refractivity contribution is 5.17.